The molecule has 3 aromatic rings. The van der Waals surface area contributed by atoms with Crippen molar-refractivity contribution in [2.75, 3.05) is 24.7 Å². The number of carbonyl (C=O) groups is 2. The van der Waals surface area contributed by atoms with Crippen molar-refractivity contribution >= 4 is 33.2 Å². The summed E-state index contributed by atoms with van der Waals surface area (Å²) in [6.07, 6.45) is 0. The average Bonchev–Trinajstić information content (AvgIpc) is 2.89. The third-order valence-electron chi connectivity index (χ3n) is 4.98. The fraction of sp³-hybridized carbons (Fsp3) is 0.130. The summed E-state index contributed by atoms with van der Waals surface area (Å²) in [4.78, 5) is 25.4. The lowest BCUT2D eigenvalue weighted by atomic mass is 10.1. The van der Waals surface area contributed by atoms with Gasteiger partial charge in [0, 0.05) is 25.3 Å². The van der Waals surface area contributed by atoms with Gasteiger partial charge < -0.3 is 15.4 Å². The lowest BCUT2D eigenvalue weighted by Crippen LogP contribution is -2.22. The van der Waals surface area contributed by atoms with Gasteiger partial charge in [0.25, 0.3) is 11.8 Å². The van der Waals surface area contributed by atoms with Gasteiger partial charge in [-0.25, -0.2) is 12.7 Å². The van der Waals surface area contributed by atoms with Gasteiger partial charge in [0.15, 0.2) is 5.75 Å². The van der Waals surface area contributed by atoms with Crippen LogP contribution in [0.3, 0.4) is 0 Å². The van der Waals surface area contributed by atoms with E-state index in [2.05, 4.69) is 10.6 Å². The number of anilines is 2. The van der Waals surface area contributed by atoms with Gasteiger partial charge in [-0.1, -0.05) is 6.07 Å². The van der Waals surface area contributed by atoms with Gasteiger partial charge >= 0.3 is 0 Å². The molecule has 0 spiro atoms. The van der Waals surface area contributed by atoms with Crippen LogP contribution in [0.25, 0.3) is 0 Å². The number of nitrogens with one attached hydrogen (secondary N) is 2. The Hall–Kier alpha value is -3.69. The maximum absolute atomic E-state index is 12.7. The number of amides is 2. The van der Waals surface area contributed by atoms with Crippen molar-refractivity contribution in [2.24, 2.45) is 0 Å². The van der Waals surface area contributed by atoms with E-state index in [1.807, 2.05) is 19.1 Å². The minimum Gasteiger partial charge on any atom is -0.454 e. The Kier molecular flexibility index (Phi) is 5.45. The minimum atomic E-state index is -3.58. The second-order valence-corrected chi connectivity index (χ2v) is 9.68. The molecule has 0 saturated heterocycles. The summed E-state index contributed by atoms with van der Waals surface area (Å²) in [6, 6.07) is 15.9. The highest BCUT2D eigenvalue weighted by Crippen LogP contribution is 2.37. The number of fused-ring (bicyclic) bond motifs is 2. The van der Waals surface area contributed by atoms with Crippen molar-refractivity contribution < 1.29 is 22.7 Å². The number of carbonyl (C=O) groups excluding carboxylic acids is 2. The predicted molar refractivity (Wildman–Crippen MR) is 121 cm³/mol. The van der Waals surface area contributed by atoms with Crippen molar-refractivity contribution in [2.45, 2.75) is 11.8 Å². The maximum atomic E-state index is 12.7. The van der Waals surface area contributed by atoms with E-state index in [1.165, 1.54) is 44.4 Å². The molecule has 0 atom stereocenters. The molecule has 2 amide bonds. The minimum absolute atomic E-state index is 0.0905. The van der Waals surface area contributed by atoms with Crippen LogP contribution in [-0.4, -0.2) is 38.6 Å². The molecular formula is C23H21N3O5S. The van der Waals surface area contributed by atoms with Crippen LogP contribution < -0.4 is 15.4 Å². The number of nitrogens with zero attached hydrogens (tertiary/aromatic N) is 1. The topological polar surface area (TPSA) is 105 Å². The second kappa shape index (κ2) is 8.10. The lowest BCUT2D eigenvalue weighted by molar-refractivity contribution is 0.101. The fourth-order valence-electron chi connectivity index (χ4n) is 3.21. The van der Waals surface area contributed by atoms with Crippen molar-refractivity contribution in [1.82, 2.24) is 4.31 Å². The van der Waals surface area contributed by atoms with Crippen LogP contribution in [-0.2, 0) is 10.0 Å². The Morgan fingerprint density at radius 1 is 0.969 bits per heavy atom. The van der Waals surface area contributed by atoms with Crippen LogP contribution in [0.2, 0.25) is 0 Å². The van der Waals surface area contributed by atoms with Crippen molar-refractivity contribution in [3.8, 4) is 11.5 Å². The zero-order chi connectivity index (χ0) is 23.0. The largest absolute Gasteiger partial charge is 0.454 e. The third-order valence-corrected chi connectivity index (χ3v) is 6.81. The number of sulfonamides is 1. The number of aryl methyl sites for hydroxylation is 1. The van der Waals surface area contributed by atoms with Gasteiger partial charge in [-0.2, -0.15) is 0 Å². The van der Waals surface area contributed by atoms with E-state index in [0.29, 0.717) is 22.9 Å². The van der Waals surface area contributed by atoms with Crippen LogP contribution in [0, 0.1) is 6.92 Å². The van der Waals surface area contributed by atoms with E-state index < -0.39 is 15.9 Å². The van der Waals surface area contributed by atoms with Crippen LogP contribution >= 0.6 is 0 Å². The van der Waals surface area contributed by atoms with Gasteiger partial charge in [0.05, 0.1) is 16.1 Å². The Morgan fingerprint density at radius 3 is 2.34 bits per heavy atom. The SMILES string of the molecule is Cc1ccc2c(c1)NC(=O)c1cc(NC(=O)c3ccc(S(=O)(=O)N(C)C)cc3)ccc1O2. The molecule has 9 heteroatoms. The predicted octanol–water partition coefficient (Wildman–Crippen LogP) is 3.86. The summed E-state index contributed by atoms with van der Waals surface area (Å²) in [5.41, 5.74) is 2.52. The van der Waals surface area contributed by atoms with E-state index in [-0.39, 0.29) is 21.9 Å². The fourth-order valence-corrected chi connectivity index (χ4v) is 4.11. The maximum Gasteiger partial charge on any atom is 0.259 e. The average molecular weight is 452 g/mol. The molecule has 0 saturated carbocycles. The normalized spacial score (nSPS) is 12.8. The number of benzene rings is 3. The Balaban J connectivity index is 1.55. The van der Waals surface area contributed by atoms with E-state index in [0.717, 1.165) is 9.87 Å². The molecule has 8 nitrogen and oxygen atoms in total. The number of hydrogen-bond donors (Lipinski definition) is 2. The van der Waals surface area contributed by atoms with Crippen molar-refractivity contribution in [3.63, 3.8) is 0 Å². The molecule has 1 aliphatic heterocycles. The first-order valence-electron chi connectivity index (χ1n) is 9.73. The van der Waals surface area contributed by atoms with Gasteiger partial charge in [0.2, 0.25) is 10.0 Å². The zero-order valence-corrected chi connectivity index (χ0v) is 18.5. The standard InChI is InChI=1S/C23H21N3O5S/c1-14-4-10-21-19(12-14)25-23(28)18-13-16(7-11-20(18)31-21)24-22(27)15-5-8-17(9-6-15)32(29,30)26(2)3/h4-13H,1-3H3,(H,24,27)(H,25,28). The van der Waals surface area contributed by atoms with Crippen LogP contribution in [0.1, 0.15) is 26.3 Å². The lowest BCUT2D eigenvalue weighted by Gasteiger charge is -2.12. The Labute approximate surface area is 185 Å². The van der Waals surface area contributed by atoms with E-state index in [9.17, 15) is 18.0 Å². The van der Waals surface area contributed by atoms with Crippen LogP contribution in [0.15, 0.2) is 65.6 Å². The summed E-state index contributed by atoms with van der Waals surface area (Å²) in [5, 5.41) is 5.55. The van der Waals surface area contributed by atoms with Crippen molar-refractivity contribution in [1.29, 1.82) is 0 Å². The molecule has 1 aliphatic rings. The molecular weight excluding hydrogens is 430 g/mol. The first-order chi connectivity index (χ1) is 15.1. The molecule has 1 heterocycles. The number of hydrogen-bond acceptors (Lipinski definition) is 5. The molecule has 0 aromatic heterocycles. The van der Waals surface area contributed by atoms with E-state index in [1.54, 1.807) is 18.2 Å². The molecule has 0 radical (unpaired) electrons. The van der Waals surface area contributed by atoms with Gasteiger partial charge in [0.1, 0.15) is 5.75 Å². The highest BCUT2D eigenvalue weighted by molar-refractivity contribution is 7.89. The molecule has 4 rings (SSSR count). The quantitative estimate of drug-likeness (QED) is 0.627. The molecule has 2 N–H and O–H groups in total. The summed E-state index contributed by atoms with van der Waals surface area (Å²) in [7, 11) is -0.704. The van der Waals surface area contributed by atoms with E-state index in [4.69, 9.17) is 4.74 Å². The summed E-state index contributed by atoms with van der Waals surface area (Å²) >= 11 is 0. The van der Waals surface area contributed by atoms with Gasteiger partial charge in [-0.3, -0.25) is 9.59 Å². The molecule has 3 aromatic carbocycles. The van der Waals surface area contributed by atoms with Gasteiger partial charge in [-0.15, -0.1) is 0 Å². The van der Waals surface area contributed by atoms with Crippen molar-refractivity contribution in [3.05, 3.63) is 77.4 Å². The van der Waals surface area contributed by atoms with Crippen LogP contribution in [0.4, 0.5) is 11.4 Å². The first-order valence-corrected chi connectivity index (χ1v) is 11.2. The zero-order valence-electron chi connectivity index (χ0n) is 17.7. The number of ether oxygens (including phenoxy) is 1. The third kappa shape index (κ3) is 4.08. The van der Waals surface area contributed by atoms with Crippen LogP contribution in [0.5, 0.6) is 11.5 Å². The molecule has 0 fully saturated rings. The molecule has 0 unspecified atom stereocenters. The van der Waals surface area contributed by atoms with E-state index >= 15 is 0 Å². The Bertz CT molecular complexity index is 1330. The molecule has 32 heavy (non-hydrogen) atoms. The summed E-state index contributed by atoms with van der Waals surface area (Å²) in [6.45, 7) is 1.92. The Morgan fingerprint density at radius 2 is 1.66 bits per heavy atom. The molecule has 0 bridgehead atoms. The highest BCUT2D eigenvalue weighted by Gasteiger charge is 2.22. The summed E-state index contributed by atoms with van der Waals surface area (Å²) in [5.74, 6) is 0.125. The monoisotopic (exact) mass is 451 g/mol. The smallest absolute Gasteiger partial charge is 0.259 e. The first kappa shape index (κ1) is 21.5. The molecule has 0 aliphatic carbocycles. The van der Waals surface area contributed by atoms with Gasteiger partial charge in [-0.05, 0) is 67.1 Å². The summed E-state index contributed by atoms with van der Waals surface area (Å²) < 4.78 is 31.3. The molecule has 164 valence electrons. The highest BCUT2D eigenvalue weighted by atomic mass is 32.2. The number of rotatable bonds is 4. The second-order valence-electron chi connectivity index (χ2n) is 7.53.